The Morgan fingerprint density at radius 3 is 2.68 bits per heavy atom. The number of fused-ring (bicyclic) bond motifs is 1. The van der Waals surface area contributed by atoms with Crippen molar-refractivity contribution in [3.8, 4) is 11.8 Å². The number of oxazole rings is 1. The highest BCUT2D eigenvalue weighted by molar-refractivity contribution is 7.98. The van der Waals surface area contributed by atoms with Gasteiger partial charge in [-0.15, -0.1) is 5.10 Å². The molecule has 116 valence electrons. The molecule has 10 heteroatoms. The van der Waals surface area contributed by atoms with Crippen LogP contribution in [0, 0.1) is 0 Å². The maximum Gasteiger partial charge on any atom is 0.453 e. The van der Waals surface area contributed by atoms with Gasteiger partial charge in [-0.2, -0.15) is 23.1 Å². The molecule has 0 aliphatic heterocycles. The lowest BCUT2D eigenvalue weighted by molar-refractivity contribution is -0.145. The summed E-state index contributed by atoms with van der Waals surface area (Å²) < 4.78 is 49.6. The van der Waals surface area contributed by atoms with Crippen LogP contribution in [0.2, 0.25) is 0 Å². The molecule has 3 rings (SSSR count). The Bertz CT molecular complexity index is 827. The number of halogens is 3. The number of para-hydroxylation sites is 1. The largest absolute Gasteiger partial charge is 0.453 e. The number of hydrogen-bond acceptors (Lipinski definition) is 6. The molecule has 0 radical (unpaired) electrons. The standard InChI is InChI=1S/C12H9F3N4O2S/c1-19-10(17-9(18-19)12(13,14)15)20-6-4-3-5-7-8(6)16-11(21-7)22-2/h3-5H,1-2H3. The molecule has 0 aliphatic rings. The Kier molecular flexibility index (Phi) is 3.47. The van der Waals surface area contributed by atoms with Crippen LogP contribution >= 0.6 is 11.8 Å². The first-order chi connectivity index (χ1) is 10.4. The van der Waals surface area contributed by atoms with E-state index in [4.69, 9.17) is 9.15 Å². The highest BCUT2D eigenvalue weighted by Crippen LogP contribution is 2.33. The Morgan fingerprint density at radius 1 is 1.27 bits per heavy atom. The van der Waals surface area contributed by atoms with E-state index in [0.717, 1.165) is 4.68 Å². The molecule has 0 saturated heterocycles. The number of rotatable bonds is 3. The van der Waals surface area contributed by atoms with Gasteiger partial charge < -0.3 is 9.15 Å². The lowest BCUT2D eigenvalue weighted by Crippen LogP contribution is -2.08. The molecule has 0 N–H and O–H groups in total. The van der Waals surface area contributed by atoms with Crippen molar-refractivity contribution in [3.05, 3.63) is 24.0 Å². The van der Waals surface area contributed by atoms with Crippen molar-refractivity contribution < 1.29 is 22.3 Å². The summed E-state index contributed by atoms with van der Waals surface area (Å²) in [5, 5.41) is 3.72. The van der Waals surface area contributed by atoms with Gasteiger partial charge in [-0.1, -0.05) is 17.8 Å². The van der Waals surface area contributed by atoms with Crippen molar-refractivity contribution in [2.24, 2.45) is 7.05 Å². The zero-order valence-electron chi connectivity index (χ0n) is 11.4. The fourth-order valence-corrected chi connectivity index (χ4v) is 2.11. The Balaban J connectivity index is 2.00. The molecule has 0 unspecified atom stereocenters. The Hall–Kier alpha value is -2.23. The van der Waals surface area contributed by atoms with E-state index in [1.54, 1.807) is 24.5 Å². The molecule has 2 aromatic heterocycles. The monoisotopic (exact) mass is 330 g/mol. The average Bonchev–Trinajstić information content (AvgIpc) is 3.03. The molecule has 1 aromatic carbocycles. The molecule has 0 amide bonds. The van der Waals surface area contributed by atoms with Crippen molar-refractivity contribution in [2.45, 2.75) is 11.4 Å². The zero-order valence-corrected chi connectivity index (χ0v) is 12.2. The van der Waals surface area contributed by atoms with E-state index < -0.39 is 12.0 Å². The molecule has 6 nitrogen and oxygen atoms in total. The number of thioether (sulfide) groups is 1. The third kappa shape index (κ3) is 2.61. The van der Waals surface area contributed by atoms with E-state index >= 15 is 0 Å². The van der Waals surface area contributed by atoms with Crippen LogP contribution in [0.5, 0.6) is 11.8 Å². The molecule has 0 fully saturated rings. The van der Waals surface area contributed by atoms with Crippen molar-refractivity contribution >= 4 is 22.9 Å². The van der Waals surface area contributed by atoms with E-state index in [0.29, 0.717) is 16.3 Å². The third-order valence-corrected chi connectivity index (χ3v) is 3.24. The second kappa shape index (κ2) is 5.20. The first kappa shape index (κ1) is 14.7. The van der Waals surface area contributed by atoms with Gasteiger partial charge in [0.15, 0.2) is 16.8 Å². The fraction of sp³-hybridized carbons (Fsp3) is 0.250. The highest BCUT2D eigenvalue weighted by Gasteiger charge is 2.37. The van der Waals surface area contributed by atoms with Gasteiger partial charge in [-0.05, 0) is 18.4 Å². The maximum atomic E-state index is 12.6. The molecule has 0 saturated carbocycles. The van der Waals surface area contributed by atoms with Crippen molar-refractivity contribution in [2.75, 3.05) is 6.26 Å². The SMILES string of the molecule is CSc1nc2c(Oc3nc(C(F)(F)F)nn3C)cccc2o1. The summed E-state index contributed by atoms with van der Waals surface area (Å²) in [6.45, 7) is 0. The van der Waals surface area contributed by atoms with Crippen LogP contribution in [-0.2, 0) is 13.2 Å². The predicted octanol–water partition coefficient (Wildman–Crippen LogP) is 3.49. The molecule has 0 spiro atoms. The summed E-state index contributed by atoms with van der Waals surface area (Å²) in [7, 11) is 1.31. The summed E-state index contributed by atoms with van der Waals surface area (Å²) in [6.07, 6.45) is -2.84. The number of nitrogens with zero attached hydrogens (tertiary/aromatic N) is 4. The van der Waals surface area contributed by atoms with E-state index in [-0.39, 0.29) is 11.8 Å². The minimum atomic E-state index is -4.63. The maximum absolute atomic E-state index is 12.6. The lowest BCUT2D eigenvalue weighted by atomic mass is 10.3. The van der Waals surface area contributed by atoms with Gasteiger partial charge in [-0.25, -0.2) is 4.68 Å². The summed E-state index contributed by atoms with van der Waals surface area (Å²) >= 11 is 1.30. The quantitative estimate of drug-likeness (QED) is 0.685. The minimum Gasteiger partial charge on any atom is -0.431 e. The summed E-state index contributed by atoms with van der Waals surface area (Å²) in [5.74, 6) is -1.02. The van der Waals surface area contributed by atoms with Crippen LogP contribution in [0.1, 0.15) is 5.82 Å². The van der Waals surface area contributed by atoms with E-state index in [2.05, 4.69) is 15.1 Å². The van der Waals surface area contributed by atoms with Crippen molar-refractivity contribution in [3.63, 3.8) is 0 Å². The first-order valence-electron chi connectivity index (χ1n) is 5.98. The Labute approximate surface area is 126 Å². The molecule has 0 atom stereocenters. The molecular weight excluding hydrogens is 321 g/mol. The highest BCUT2D eigenvalue weighted by atomic mass is 32.2. The van der Waals surface area contributed by atoms with Crippen LogP contribution in [0.25, 0.3) is 11.1 Å². The van der Waals surface area contributed by atoms with Gasteiger partial charge in [-0.3, -0.25) is 0 Å². The second-order valence-corrected chi connectivity index (χ2v) is 4.99. The number of hydrogen-bond donors (Lipinski definition) is 0. The number of aryl methyl sites for hydroxylation is 1. The Morgan fingerprint density at radius 2 is 2.05 bits per heavy atom. The molecule has 0 bridgehead atoms. The topological polar surface area (TPSA) is 66.0 Å². The van der Waals surface area contributed by atoms with Gasteiger partial charge in [0, 0.05) is 7.05 Å². The number of benzene rings is 1. The molecule has 2 heterocycles. The van der Waals surface area contributed by atoms with Gasteiger partial charge in [0.2, 0.25) is 0 Å². The predicted molar refractivity (Wildman–Crippen MR) is 71.9 cm³/mol. The molecule has 3 aromatic rings. The number of ether oxygens (including phenoxy) is 1. The van der Waals surface area contributed by atoms with Crippen molar-refractivity contribution in [1.29, 1.82) is 0 Å². The van der Waals surface area contributed by atoms with E-state index in [9.17, 15) is 13.2 Å². The zero-order chi connectivity index (χ0) is 15.9. The molecule has 0 aliphatic carbocycles. The van der Waals surface area contributed by atoms with Crippen LogP contribution in [0.15, 0.2) is 27.8 Å². The van der Waals surface area contributed by atoms with Crippen molar-refractivity contribution in [1.82, 2.24) is 19.7 Å². The second-order valence-electron chi connectivity index (χ2n) is 4.23. The minimum absolute atomic E-state index is 0.241. The summed E-state index contributed by atoms with van der Waals surface area (Å²) in [6, 6.07) is 4.62. The fourth-order valence-electron chi connectivity index (χ4n) is 1.75. The van der Waals surface area contributed by atoms with Crippen LogP contribution < -0.4 is 4.74 Å². The summed E-state index contributed by atoms with van der Waals surface area (Å²) in [5.41, 5.74) is 0.878. The van der Waals surface area contributed by atoms with Crippen LogP contribution in [-0.4, -0.2) is 26.0 Å². The first-order valence-corrected chi connectivity index (χ1v) is 7.20. The number of aromatic nitrogens is 4. The van der Waals surface area contributed by atoms with Crippen LogP contribution in [0.3, 0.4) is 0 Å². The molecular formula is C12H9F3N4O2S. The lowest BCUT2D eigenvalue weighted by Gasteiger charge is -2.03. The van der Waals surface area contributed by atoms with E-state index in [1.807, 2.05) is 0 Å². The molecule has 22 heavy (non-hydrogen) atoms. The average molecular weight is 330 g/mol. The van der Waals surface area contributed by atoms with Crippen LogP contribution in [0.4, 0.5) is 13.2 Å². The number of alkyl halides is 3. The van der Waals surface area contributed by atoms with Gasteiger partial charge in [0.05, 0.1) is 0 Å². The van der Waals surface area contributed by atoms with Gasteiger partial charge in [0.25, 0.3) is 11.0 Å². The smallest absolute Gasteiger partial charge is 0.431 e. The normalized spacial score (nSPS) is 12.0. The van der Waals surface area contributed by atoms with E-state index in [1.165, 1.54) is 18.8 Å². The third-order valence-electron chi connectivity index (χ3n) is 2.71. The van der Waals surface area contributed by atoms with Gasteiger partial charge >= 0.3 is 12.2 Å². The summed E-state index contributed by atoms with van der Waals surface area (Å²) in [4.78, 5) is 7.56. The van der Waals surface area contributed by atoms with Gasteiger partial charge in [0.1, 0.15) is 0 Å².